The summed E-state index contributed by atoms with van der Waals surface area (Å²) in [6.45, 7) is 15.7. The number of nitrogens with zero attached hydrogens (tertiary/aromatic N) is 1. The standard InChI is InChI=1S/C31H57NO9/c1-13-23-31(9,37)26(35)19(5)24(33)16(2)15-30(8,38-12)27(20(6)25(34)21(7)28(36)40-23)41-29-18(4)22(32(10)11)14-17(3)39-29/h16-23,25-27,29,34-35,37H,13-15H2,1-12H3/t16-,17-,18-,19+,20+,21-,22+,23-,25+,26-,27-,29?,30+,31-/m1/s1. The highest BCUT2D eigenvalue weighted by Crippen LogP contribution is 2.40. The number of hydrogen-bond acceptors (Lipinski definition) is 10. The lowest BCUT2D eigenvalue weighted by atomic mass is 9.74. The Morgan fingerprint density at radius 3 is 2.10 bits per heavy atom. The quantitative estimate of drug-likeness (QED) is 0.412. The SMILES string of the molecule is CC[C@H]1OC(=O)[C@H](C)[C@@H](O)[C@H](C)[C@@H](OC2O[C@H](C)C[C@H](N(C)C)[C@H]2C)[C@@](C)(OC)C[C@@H](C)C(=O)[C@H](C)[C@@H](O)[C@]1(C)O. The number of methoxy groups -OCH3 is 1. The van der Waals surface area contributed by atoms with Crippen molar-refractivity contribution in [1.82, 2.24) is 4.90 Å². The second kappa shape index (κ2) is 14.1. The largest absolute Gasteiger partial charge is 0.459 e. The Balaban J connectivity index is 2.60. The lowest BCUT2D eigenvalue weighted by Gasteiger charge is -2.48. The summed E-state index contributed by atoms with van der Waals surface area (Å²) < 4.78 is 24.8. The van der Waals surface area contributed by atoms with Crippen molar-refractivity contribution in [3.63, 3.8) is 0 Å². The Morgan fingerprint density at radius 1 is 1.00 bits per heavy atom. The van der Waals surface area contributed by atoms with Gasteiger partial charge in [0.1, 0.15) is 17.5 Å². The summed E-state index contributed by atoms with van der Waals surface area (Å²) in [4.78, 5) is 29.1. The zero-order valence-electron chi connectivity index (χ0n) is 27.3. The fraction of sp³-hybridized carbons (Fsp3) is 0.935. The molecule has 2 rings (SSSR count). The molecular formula is C31H57NO9. The molecule has 0 amide bonds. The van der Waals surface area contributed by atoms with Crippen LogP contribution in [-0.2, 0) is 28.5 Å². The first-order chi connectivity index (χ1) is 18.8. The van der Waals surface area contributed by atoms with Crippen LogP contribution in [0, 0.1) is 29.6 Å². The van der Waals surface area contributed by atoms with Gasteiger partial charge in [-0.2, -0.15) is 0 Å². The highest BCUT2D eigenvalue weighted by atomic mass is 16.7. The zero-order valence-corrected chi connectivity index (χ0v) is 27.3. The molecule has 0 bridgehead atoms. The molecule has 2 aliphatic rings. The van der Waals surface area contributed by atoms with Crippen LogP contribution in [0.1, 0.15) is 81.6 Å². The van der Waals surface area contributed by atoms with Gasteiger partial charge in [-0.15, -0.1) is 0 Å². The molecule has 2 heterocycles. The van der Waals surface area contributed by atoms with Gasteiger partial charge in [-0.05, 0) is 61.1 Å². The number of hydrogen-bond donors (Lipinski definition) is 3. The van der Waals surface area contributed by atoms with Crippen molar-refractivity contribution in [1.29, 1.82) is 0 Å². The number of ketones is 1. The van der Waals surface area contributed by atoms with Crippen molar-refractivity contribution >= 4 is 11.8 Å². The third-order valence-corrected chi connectivity index (χ3v) is 9.89. The Kier molecular flexibility index (Phi) is 12.4. The monoisotopic (exact) mass is 587 g/mol. The molecule has 0 aromatic rings. The Bertz CT molecular complexity index is 882. The minimum Gasteiger partial charge on any atom is -0.459 e. The number of carbonyl (C=O) groups is 2. The Morgan fingerprint density at radius 2 is 1.59 bits per heavy atom. The predicted molar refractivity (Wildman–Crippen MR) is 155 cm³/mol. The smallest absolute Gasteiger partial charge is 0.311 e. The molecule has 3 N–H and O–H groups in total. The molecule has 240 valence electrons. The predicted octanol–water partition coefficient (Wildman–Crippen LogP) is 2.79. The third-order valence-electron chi connectivity index (χ3n) is 9.89. The molecule has 10 heteroatoms. The third kappa shape index (κ3) is 7.69. The van der Waals surface area contributed by atoms with E-state index < -0.39 is 71.5 Å². The first kappa shape index (κ1) is 36.1. The van der Waals surface area contributed by atoms with Gasteiger partial charge in [-0.1, -0.05) is 34.6 Å². The Hall–Kier alpha value is -1.14. The molecule has 0 radical (unpaired) electrons. The molecule has 1 unspecified atom stereocenters. The van der Waals surface area contributed by atoms with Gasteiger partial charge >= 0.3 is 5.97 Å². The van der Waals surface area contributed by atoms with E-state index in [0.29, 0.717) is 0 Å². The number of cyclic esters (lactones) is 1. The molecule has 14 atom stereocenters. The van der Waals surface area contributed by atoms with E-state index in [9.17, 15) is 24.9 Å². The van der Waals surface area contributed by atoms with Gasteiger partial charge in [-0.3, -0.25) is 9.59 Å². The van der Waals surface area contributed by atoms with Crippen LogP contribution in [0.2, 0.25) is 0 Å². The topological polar surface area (TPSA) is 135 Å². The van der Waals surface area contributed by atoms with Crippen molar-refractivity contribution in [2.75, 3.05) is 21.2 Å². The van der Waals surface area contributed by atoms with Crippen LogP contribution in [0.4, 0.5) is 0 Å². The summed E-state index contributed by atoms with van der Waals surface area (Å²) in [5.74, 6) is -4.13. The van der Waals surface area contributed by atoms with E-state index in [1.165, 1.54) is 6.92 Å². The molecule has 2 saturated heterocycles. The van der Waals surface area contributed by atoms with Gasteiger partial charge in [0.15, 0.2) is 6.29 Å². The van der Waals surface area contributed by atoms with Crippen LogP contribution >= 0.6 is 0 Å². The summed E-state index contributed by atoms with van der Waals surface area (Å²) in [7, 11) is 5.60. The molecular weight excluding hydrogens is 530 g/mol. The van der Waals surface area contributed by atoms with Crippen LogP contribution < -0.4 is 0 Å². The van der Waals surface area contributed by atoms with Gasteiger partial charge in [0.05, 0.1) is 35.9 Å². The molecule has 41 heavy (non-hydrogen) atoms. The van der Waals surface area contributed by atoms with E-state index in [1.807, 2.05) is 27.9 Å². The maximum Gasteiger partial charge on any atom is 0.311 e. The van der Waals surface area contributed by atoms with E-state index in [1.54, 1.807) is 41.7 Å². The van der Waals surface area contributed by atoms with E-state index in [-0.39, 0.29) is 36.7 Å². The van der Waals surface area contributed by atoms with Crippen LogP contribution in [0.3, 0.4) is 0 Å². The fourth-order valence-electron chi connectivity index (χ4n) is 6.91. The lowest BCUT2D eigenvalue weighted by Crippen LogP contribution is -2.59. The zero-order chi connectivity index (χ0) is 31.6. The van der Waals surface area contributed by atoms with E-state index in [2.05, 4.69) is 11.8 Å². The van der Waals surface area contributed by atoms with Gasteiger partial charge < -0.3 is 39.2 Å². The first-order valence-electron chi connectivity index (χ1n) is 15.2. The lowest BCUT2D eigenvalue weighted by molar-refractivity contribution is -0.288. The van der Waals surface area contributed by atoms with E-state index in [4.69, 9.17) is 18.9 Å². The average molecular weight is 588 g/mol. The van der Waals surface area contributed by atoms with Crippen LogP contribution in [0.5, 0.6) is 0 Å². The fourth-order valence-corrected chi connectivity index (χ4v) is 6.91. The molecule has 0 aliphatic carbocycles. The summed E-state index contributed by atoms with van der Waals surface area (Å²) in [5.41, 5.74) is -2.97. The second-order valence-corrected chi connectivity index (χ2v) is 13.5. The van der Waals surface area contributed by atoms with Gasteiger partial charge in [-0.25, -0.2) is 0 Å². The van der Waals surface area contributed by atoms with Crippen LogP contribution in [0.15, 0.2) is 0 Å². The molecule has 0 aromatic heterocycles. The molecule has 2 aliphatic heterocycles. The van der Waals surface area contributed by atoms with Crippen molar-refractivity contribution in [3.05, 3.63) is 0 Å². The second-order valence-electron chi connectivity index (χ2n) is 13.5. The van der Waals surface area contributed by atoms with Crippen molar-refractivity contribution in [2.45, 2.75) is 136 Å². The minimum atomic E-state index is -1.88. The maximum absolute atomic E-state index is 13.6. The average Bonchev–Trinajstić information content (AvgIpc) is 2.92. The number of rotatable bonds is 5. The number of esters is 1. The molecule has 0 aromatic carbocycles. The molecule has 2 fully saturated rings. The Labute approximate surface area is 247 Å². The summed E-state index contributed by atoms with van der Waals surface area (Å²) in [5, 5.41) is 34.0. The number of aliphatic hydroxyl groups is 3. The maximum atomic E-state index is 13.6. The van der Waals surface area contributed by atoms with E-state index >= 15 is 0 Å². The number of Topliss-reactive ketones (excluding diaryl/α,β-unsaturated/α-hetero) is 1. The highest BCUT2D eigenvalue weighted by Gasteiger charge is 2.51. The number of ether oxygens (including phenoxy) is 4. The van der Waals surface area contributed by atoms with Crippen molar-refractivity contribution in [2.24, 2.45) is 29.6 Å². The molecule has 10 nitrogen and oxygen atoms in total. The van der Waals surface area contributed by atoms with Crippen LogP contribution in [0.25, 0.3) is 0 Å². The molecule has 0 saturated carbocycles. The van der Waals surface area contributed by atoms with Gasteiger partial charge in [0, 0.05) is 36.8 Å². The van der Waals surface area contributed by atoms with Gasteiger partial charge in [0.25, 0.3) is 0 Å². The summed E-state index contributed by atoms with van der Waals surface area (Å²) in [6, 6.07) is 0.201. The first-order valence-corrected chi connectivity index (χ1v) is 15.2. The van der Waals surface area contributed by atoms with Gasteiger partial charge in [0.2, 0.25) is 0 Å². The summed E-state index contributed by atoms with van der Waals surface area (Å²) in [6.07, 6.45) is -3.97. The highest BCUT2D eigenvalue weighted by molar-refractivity contribution is 5.83. The van der Waals surface area contributed by atoms with E-state index in [0.717, 1.165) is 6.42 Å². The van der Waals surface area contributed by atoms with Crippen LogP contribution in [-0.4, -0.2) is 107 Å². The minimum absolute atomic E-state index is 0.0103. The summed E-state index contributed by atoms with van der Waals surface area (Å²) >= 11 is 0. The van der Waals surface area contributed by atoms with Crippen molar-refractivity contribution < 1.29 is 43.9 Å². The van der Waals surface area contributed by atoms with Crippen molar-refractivity contribution in [3.8, 4) is 0 Å². The number of carbonyl (C=O) groups excluding carboxylic acids is 2. The number of aliphatic hydroxyl groups excluding tert-OH is 2. The molecule has 0 spiro atoms. The normalized spacial score (nSPS) is 47.6.